The van der Waals surface area contributed by atoms with E-state index in [4.69, 9.17) is 5.73 Å². The van der Waals surface area contributed by atoms with Gasteiger partial charge >= 0.3 is 0 Å². The fraction of sp³-hybridized carbons (Fsp3) is 0.818. The van der Waals surface area contributed by atoms with Gasteiger partial charge in [0, 0.05) is 12.5 Å². The van der Waals surface area contributed by atoms with E-state index in [-0.39, 0.29) is 11.9 Å². The Labute approximate surface area is 90.3 Å². The summed E-state index contributed by atoms with van der Waals surface area (Å²) in [5.41, 5.74) is 5.94. The van der Waals surface area contributed by atoms with Crippen LogP contribution >= 0.6 is 0 Å². The molecular formula is C11H19N3O. The Balaban J connectivity index is 1.97. The number of amidine groups is 1. The van der Waals surface area contributed by atoms with Gasteiger partial charge in [-0.1, -0.05) is 12.8 Å². The molecule has 0 radical (unpaired) electrons. The fourth-order valence-corrected chi connectivity index (χ4v) is 2.39. The minimum Gasteiger partial charge on any atom is -0.387 e. The number of carbonyl (C=O) groups is 1. The molecule has 1 amide bonds. The number of nitrogens with one attached hydrogen (secondary N) is 1. The normalized spacial score (nSPS) is 29.2. The lowest BCUT2D eigenvalue weighted by Crippen LogP contribution is -2.40. The molecule has 0 spiro atoms. The number of nitrogens with zero attached hydrogens (tertiary/aromatic N) is 1. The van der Waals surface area contributed by atoms with E-state index >= 15 is 0 Å². The number of hydrogen-bond acceptors (Lipinski definition) is 2. The van der Waals surface area contributed by atoms with Crippen molar-refractivity contribution in [1.29, 1.82) is 0 Å². The van der Waals surface area contributed by atoms with Crippen LogP contribution in [0.25, 0.3) is 0 Å². The zero-order valence-electron chi connectivity index (χ0n) is 9.04. The molecule has 0 aromatic carbocycles. The van der Waals surface area contributed by atoms with Crippen molar-refractivity contribution in [3.8, 4) is 0 Å². The van der Waals surface area contributed by atoms with Crippen LogP contribution in [0.5, 0.6) is 0 Å². The SMILES string of the molecule is NC(=NC1CCCNC1=O)C1CCCC1. The highest BCUT2D eigenvalue weighted by atomic mass is 16.2. The van der Waals surface area contributed by atoms with Gasteiger partial charge in [0.25, 0.3) is 0 Å². The second-order valence-corrected chi connectivity index (χ2v) is 4.48. The van der Waals surface area contributed by atoms with E-state index in [1.807, 2.05) is 0 Å². The molecule has 1 unspecified atom stereocenters. The molecule has 2 aliphatic rings. The van der Waals surface area contributed by atoms with Crippen molar-refractivity contribution in [2.75, 3.05) is 6.54 Å². The zero-order chi connectivity index (χ0) is 10.7. The molecule has 4 nitrogen and oxygen atoms in total. The molecule has 0 aromatic heterocycles. The average Bonchev–Trinajstić information content (AvgIpc) is 2.74. The van der Waals surface area contributed by atoms with Crippen LogP contribution < -0.4 is 11.1 Å². The van der Waals surface area contributed by atoms with Gasteiger partial charge in [-0.05, 0) is 25.7 Å². The molecule has 4 heteroatoms. The molecule has 1 saturated carbocycles. The maximum absolute atomic E-state index is 11.5. The van der Waals surface area contributed by atoms with Gasteiger partial charge in [0.2, 0.25) is 5.91 Å². The van der Waals surface area contributed by atoms with Crippen molar-refractivity contribution in [1.82, 2.24) is 5.32 Å². The molecule has 2 fully saturated rings. The van der Waals surface area contributed by atoms with E-state index < -0.39 is 0 Å². The van der Waals surface area contributed by atoms with Crippen molar-refractivity contribution in [2.45, 2.75) is 44.6 Å². The lowest BCUT2D eigenvalue weighted by Gasteiger charge is -2.20. The molecule has 1 atom stereocenters. The maximum atomic E-state index is 11.5. The lowest BCUT2D eigenvalue weighted by atomic mass is 10.0. The topological polar surface area (TPSA) is 67.5 Å². The third-order valence-corrected chi connectivity index (χ3v) is 3.33. The van der Waals surface area contributed by atoms with Gasteiger partial charge in [0.1, 0.15) is 6.04 Å². The Morgan fingerprint density at radius 1 is 1.27 bits per heavy atom. The molecule has 0 aromatic rings. The summed E-state index contributed by atoms with van der Waals surface area (Å²) in [4.78, 5) is 15.9. The van der Waals surface area contributed by atoms with Crippen molar-refractivity contribution >= 4 is 11.7 Å². The summed E-state index contributed by atoms with van der Waals surface area (Å²) in [5, 5.41) is 2.83. The highest BCUT2D eigenvalue weighted by Crippen LogP contribution is 2.25. The first-order valence-electron chi connectivity index (χ1n) is 5.88. The van der Waals surface area contributed by atoms with Crippen LogP contribution in [0.15, 0.2) is 4.99 Å². The van der Waals surface area contributed by atoms with Crippen molar-refractivity contribution in [2.24, 2.45) is 16.6 Å². The van der Waals surface area contributed by atoms with Gasteiger partial charge < -0.3 is 11.1 Å². The monoisotopic (exact) mass is 209 g/mol. The first-order valence-corrected chi connectivity index (χ1v) is 5.88. The summed E-state index contributed by atoms with van der Waals surface area (Å²) in [7, 11) is 0. The van der Waals surface area contributed by atoms with Crippen molar-refractivity contribution < 1.29 is 4.79 Å². The van der Waals surface area contributed by atoms with Gasteiger partial charge in [0.15, 0.2) is 0 Å². The number of carbonyl (C=O) groups excluding carboxylic acids is 1. The summed E-state index contributed by atoms with van der Waals surface area (Å²) in [6.45, 7) is 0.786. The molecule has 2 rings (SSSR count). The van der Waals surface area contributed by atoms with E-state index in [9.17, 15) is 4.79 Å². The number of rotatable bonds is 2. The molecule has 1 saturated heterocycles. The third kappa shape index (κ3) is 2.49. The van der Waals surface area contributed by atoms with E-state index in [0.717, 1.165) is 32.2 Å². The van der Waals surface area contributed by atoms with Gasteiger partial charge in [-0.15, -0.1) is 0 Å². The van der Waals surface area contributed by atoms with Crippen LogP contribution in [0.3, 0.4) is 0 Å². The van der Waals surface area contributed by atoms with Crippen molar-refractivity contribution in [3.05, 3.63) is 0 Å². The summed E-state index contributed by atoms with van der Waals surface area (Å²) >= 11 is 0. The van der Waals surface area contributed by atoms with Crippen LogP contribution in [0.4, 0.5) is 0 Å². The molecule has 84 valence electrons. The van der Waals surface area contributed by atoms with E-state index in [2.05, 4.69) is 10.3 Å². The smallest absolute Gasteiger partial charge is 0.244 e. The first kappa shape index (κ1) is 10.5. The van der Waals surface area contributed by atoms with Gasteiger partial charge in [-0.2, -0.15) is 0 Å². The molecular weight excluding hydrogens is 190 g/mol. The molecule has 3 N–H and O–H groups in total. The molecule has 15 heavy (non-hydrogen) atoms. The Morgan fingerprint density at radius 3 is 2.67 bits per heavy atom. The Bertz CT molecular complexity index is 269. The van der Waals surface area contributed by atoms with Crippen LogP contribution in [0, 0.1) is 5.92 Å². The van der Waals surface area contributed by atoms with Crippen LogP contribution in [-0.4, -0.2) is 24.3 Å². The summed E-state index contributed by atoms with van der Waals surface area (Å²) in [5.74, 6) is 1.18. The number of nitrogens with two attached hydrogens (primary N) is 1. The Hall–Kier alpha value is -1.06. The largest absolute Gasteiger partial charge is 0.387 e. The summed E-state index contributed by atoms with van der Waals surface area (Å²) in [6, 6.07) is -0.223. The van der Waals surface area contributed by atoms with E-state index in [1.165, 1.54) is 12.8 Å². The third-order valence-electron chi connectivity index (χ3n) is 3.33. The van der Waals surface area contributed by atoms with E-state index in [1.54, 1.807) is 0 Å². The van der Waals surface area contributed by atoms with Gasteiger partial charge in [0.05, 0.1) is 5.84 Å². The minimum absolute atomic E-state index is 0.0437. The predicted octanol–water partition coefficient (Wildman–Crippen LogP) is 0.812. The molecule has 1 aliphatic heterocycles. The molecule has 1 aliphatic carbocycles. The van der Waals surface area contributed by atoms with Crippen molar-refractivity contribution in [3.63, 3.8) is 0 Å². The Morgan fingerprint density at radius 2 is 2.00 bits per heavy atom. The fourth-order valence-electron chi connectivity index (χ4n) is 2.39. The second-order valence-electron chi connectivity index (χ2n) is 4.48. The first-order chi connectivity index (χ1) is 7.27. The maximum Gasteiger partial charge on any atom is 0.244 e. The van der Waals surface area contributed by atoms with Gasteiger partial charge in [-0.3, -0.25) is 9.79 Å². The van der Waals surface area contributed by atoms with Crippen LogP contribution in [0.2, 0.25) is 0 Å². The second kappa shape index (κ2) is 4.64. The number of hydrogen-bond donors (Lipinski definition) is 2. The quantitative estimate of drug-likeness (QED) is 0.522. The highest BCUT2D eigenvalue weighted by Gasteiger charge is 2.24. The van der Waals surface area contributed by atoms with Crippen LogP contribution in [-0.2, 0) is 4.79 Å². The predicted molar refractivity (Wildman–Crippen MR) is 59.6 cm³/mol. The number of aliphatic imine (C=N–C) groups is 1. The average molecular weight is 209 g/mol. The molecule has 0 bridgehead atoms. The number of amides is 1. The zero-order valence-corrected chi connectivity index (χ0v) is 9.04. The highest BCUT2D eigenvalue weighted by molar-refractivity contribution is 5.89. The minimum atomic E-state index is -0.223. The van der Waals surface area contributed by atoms with Gasteiger partial charge in [-0.25, -0.2) is 0 Å². The standard InChI is InChI=1S/C11H19N3O/c12-10(8-4-1-2-5-8)14-9-6-3-7-13-11(9)15/h8-9H,1-7H2,(H2,12,14)(H,13,15). The molecule has 1 heterocycles. The lowest BCUT2D eigenvalue weighted by molar-refractivity contribution is -0.123. The van der Waals surface area contributed by atoms with E-state index in [0.29, 0.717) is 11.8 Å². The summed E-state index contributed by atoms with van der Waals surface area (Å²) < 4.78 is 0. The number of piperidine rings is 1. The summed E-state index contributed by atoms with van der Waals surface area (Å²) in [6.07, 6.45) is 6.64. The van der Waals surface area contributed by atoms with Crippen LogP contribution in [0.1, 0.15) is 38.5 Å². The Kier molecular flexibility index (Phi) is 3.23.